The van der Waals surface area contributed by atoms with Gasteiger partial charge in [0.2, 0.25) is 0 Å². The molecule has 32 heavy (non-hydrogen) atoms. The van der Waals surface area contributed by atoms with Crippen LogP contribution in [0.25, 0.3) is 33.0 Å². The van der Waals surface area contributed by atoms with Crippen molar-refractivity contribution >= 4 is 34.0 Å². The molecule has 0 atom stereocenters. The standard InChI is InChI=1S/C30H22Cl2/c1-20-26-9-5-6-10-27(26)29(22-11-15-24(31)16-12-22)30(23-13-17-25(32)18-14-23)28(20)19-21-7-3-2-4-8-21/h2-18H,19H2,1H3. The third kappa shape index (κ3) is 3.93. The molecule has 0 aliphatic heterocycles. The molecule has 0 spiro atoms. The number of hydrogen-bond donors (Lipinski definition) is 0. The predicted octanol–water partition coefficient (Wildman–Crippen LogP) is 9.38. The number of rotatable bonds is 4. The molecule has 0 heterocycles. The first kappa shape index (κ1) is 20.8. The second-order valence-electron chi connectivity index (χ2n) is 8.08. The zero-order valence-corrected chi connectivity index (χ0v) is 19.3. The van der Waals surface area contributed by atoms with E-state index < -0.39 is 0 Å². The van der Waals surface area contributed by atoms with Gasteiger partial charge < -0.3 is 0 Å². The minimum atomic E-state index is 0.739. The molecule has 0 aliphatic rings. The van der Waals surface area contributed by atoms with Gasteiger partial charge in [0.25, 0.3) is 0 Å². The highest BCUT2D eigenvalue weighted by molar-refractivity contribution is 6.31. The Hall–Kier alpha value is -3.06. The van der Waals surface area contributed by atoms with Crippen LogP contribution in [0.15, 0.2) is 103 Å². The van der Waals surface area contributed by atoms with Crippen molar-refractivity contribution in [1.29, 1.82) is 0 Å². The van der Waals surface area contributed by atoms with E-state index in [1.54, 1.807) is 0 Å². The zero-order chi connectivity index (χ0) is 22.1. The first-order valence-corrected chi connectivity index (χ1v) is 11.5. The van der Waals surface area contributed by atoms with Crippen LogP contribution >= 0.6 is 23.2 Å². The number of aryl methyl sites for hydroxylation is 1. The summed E-state index contributed by atoms with van der Waals surface area (Å²) in [5.41, 5.74) is 8.75. The molecule has 0 radical (unpaired) electrons. The molecular formula is C30H22Cl2. The van der Waals surface area contributed by atoms with Gasteiger partial charge in [-0.1, -0.05) is 102 Å². The third-order valence-electron chi connectivity index (χ3n) is 6.09. The number of halogens is 2. The summed E-state index contributed by atoms with van der Waals surface area (Å²) in [7, 11) is 0. The van der Waals surface area contributed by atoms with E-state index in [-0.39, 0.29) is 0 Å². The number of hydrogen-bond acceptors (Lipinski definition) is 0. The van der Waals surface area contributed by atoms with E-state index in [1.807, 2.05) is 24.3 Å². The smallest absolute Gasteiger partial charge is 0.0406 e. The van der Waals surface area contributed by atoms with Crippen molar-refractivity contribution in [3.8, 4) is 22.3 Å². The van der Waals surface area contributed by atoms with Gasteiger partial charge in [-0.15, -0.1) is 0 Å². The Labute approximate surface area is 199 Å². The summed E-state index contributed by atoms with van der Waals surface area (Å²) in [5.74, 6) is 0. The van der Waals surface area contributed by atoms with Crippen LogP contribution in [-0.2, 0) is 6.42 Å². The second kappa shape index (κ2) is 8.82. The van der Waals surface area contributed by atoms with Crippen LogP contribution in [0, 0.1) is 6.92 Å². The first-order valence-electron chi connectivity index (χ1n) is 10.7. The van der Waals surface area contributed by atoms with Crippen LogP contribution < -0.4 is 0 Å². The maximum Gasteiger partial charge on any atom is 0.0406 e. The number of benzene rings is 5. The zero-order valence-electron chi connectivity index (χ0n) is 17.8. The average Bonchev–Trinajstić information content (AvgIpc) is 2.83. The highest BCUT2D eigenvalue weighted by Gasteiger charge is 2.20. The Morgan fingerprint density at radius 3 is 1.62 bits per heavy atom. The summed E-state index contributed by atoms with van der Waals surface area (Å²) in [6.45, 7) is 2.24. The molecule has 0 unspecified atom stereocenters. The second-order valence-corrected chi connectivity index (χ2v) is 8.95. The fraction of sp³-hybridized carbons (Fsp3) is 0.0667. The van der Waals surface area contributed by atoms with Crippen molar-refractivity contribution in [3.05, 3.63) is 130 Å². The fourth-order valence-electron chi connectivity index (χ4n) is 4.54. The van der Waals surface area contributed by atoms with Crippen molar-refractivity contribution in [2.75, 3.05) is 0 Å². The lowest BCUT2D eigenvalue weighted by molar-refractivity contribution is 1.17. The molecule has 0 bridgehead atoms. The molecule has 0 fully saturated rings. The molecule has 5 rings (SSSR count). The van der Waals surface area contributed by atoms with E-state index in [2.05, 4.69) is 85.8 Å². The van der Waals surface area contributed by atoms with E-state index in [1.165, 1.54) is 44.2 Å². The molecule has 0 N–H and O–H groups in total. The van der Waals surface area contributed by atoms with Crippen LogP contribution in [0.3, 0.4) is 0 Å². The fourth-order valence-corrected chi connectivity index (χ4v) is 4.79. The molecule has 2 heteroatoms. The van der Waals surface area contributed by atoms with Gasteiger partial charge in [-0.2, -0.15) is 0 Å². The van der Waals surface area contributed by atoms with Crippen molar-refractivity contribution in [1.82, 2.24) is 0 Å². The van der Waals surface area contributed by atoms with Crippen molar-refractivity contribution in [3.63, 3.8) is 0 Å². The molecule has 0 amide bonds. The van der Waals surface area contributed by atoms with Crippen LogP contribution in [0.4, 0.5) is 0 Å². The molecule has 5 aromatic rings. The van der Waals surface area contributed by atoms with Crippen molar-refractivity contribution in [2.45, 2.75) is 13.3 Å². The van der Waals surface area contributed by atoms with E-state index in [9.17, 15) is 0 Å². The van der Waals surface area contributed by atoms with Gasteiger partial charge in [-0.25, -0.2) is 0 Å². The molecular weight excluding hydrogens is 431 g/mol. The van der Waals surface area contributed by atoms with E-state index >= 15 is 0 Å². The minimum absolute atomic E-state index is 0.739. The summed E-state index contributed by atoms with van der Waals surface area (Å²) in [6, 6.07) is 35.7. The normalized spacial score (nSPS) is 11.1. The highest BCUT2D eigenvalue weighted by Crippen LogP contribution is 2.44. The van der Waals surface area contributed by atoms with E-state index in [4.69, 9.17) is 23.2 Å². The van der Waals surface area contributed by atoms with Crippen LogP contribution in [0.2, 0.25) is 10.0 Å². The maximum absolute atomic E-state index is 6.25. The summed E-state index contributed by atoms with van der Waals surface area (Å²) < 4.78 is 0. The molecule has 156 valence electrons. The first-order chi connectivity index (χ1) is 15.6. The molecule has 0 aliphatic carbocycles. The van der Waals surface area contributed by atoms with Crippen LogP contribution in [-0.4, -0.2) is 0 Å². The Kier molecular flexibility index (Phi) is 5.74. The summed E-state index contributed by atoms with van der Waals surface area (Å²) >= 11 is 12.5. The topological polar surface area (TPSA) is 0 Å². The predicted molar refractivity (Wildman–Crippen MR) is 139 cm³/mol. The van der Waals surface area contributed by atoms with Gasteiger partial charge in [0.15, 0.2) is 0 Å². The molecule has 0 aromatic heterocycles. The summed E-state index contributed by atoms with van der Waals surface area (Å²) in [4.78, 5) is 0. The van der Waals surface area contributed by atoms with Gasteiger partial charge in [0.05, 0.1) is 0 Å². The lowest BCUT2D eigenvalue weighted by Gasteiger charge is -2.22. The largest absolute Gasteiger partial charge is 0.0843 e. The summed E-state index contributed by atoms with van der Waals surface area (Å²) in [6.07, 6.45) is 0.857. The Balaban J connectivity index is 1.90. The highest BCUT2D eigenvalue weighted by atomic mass is 35.5. The monoisotopic (exact) mass is 452 g/mol. The molecule has 0 saturated heterocycles. The molecule has 5 aromatic carbocycles. The number of fused-ring (bicyclic) bond motifs is 1. The molecule has 0 saturated carbocycles. The van der Waals surface area contributed by atoms with Gasteiger partial charge in [0.1, 0.15) is 0 Å². The van der Waals surface area contributed by atoms with Crippen LogP contribution in [0.5, 0.6) is 0 Å². The quantitative estimate of drug-likeness (QED) is 0.254. The van der Waals surface area contributed by atoms with Gasteiger partial charge in [-0.3, -0.25) is 0 Å². The van der Waals surface area contributed by atoms with Gasteiger partial charge >= 0.3 is 0 Å². The Morgan fingerprint density at radius 1 is 0.531 bits per heavy atom. The van der Waals surface area contributed by atoms with Gasteiger partial charge in [-0.05, 0) is 87.3 Å². The Bertz CT molecular complexity index is 1380. The lowest BCUT2D eigenvalue weighted by atomic mass is 9.81. The summed E-state index contributed by atoms with van der Waals surface area (Å²) in [5, 5.41) is 4.00. The van der Waals surface area contributed by atoms with E-state index in [0.717, 1.165) is 22.0 Å². The van der Waals surface area contributed by atoms with Crippen LogP contribution in [0.1, 0.15) is 16.7 Å². The molecule has 0 nitrogen and oxygen atoms in total. The minimum Gasteiger partial charge on any atom is -0.0843 e. The van der Waals surface area contributed by atoms with E-state index in [0.29, 0.717) is 0 Å². The SMILES string of the molecule is Cc1c(Cc2ccccc2)c(-c2ccc(Cl)cc2)c(-c2ccc(Cl)cc2)c2ccccc12. The average molecular weight is 453 g/mol. The third-order valence-corrected chi connectivity index (χ3v) is 6.60. The van der Waals surface area contributed by atoms with Crippen molar-refractivity contribution in [2.24, 2.45) is 0 Å². The van der Waals surface area contributed by atoms with Gasteiger partial charge in [0, 0.05) is 10.0 Å². The van der Waals surface area contributed by atoms with Crippen molar-refractivity contribution < 1.29 is 0 Å². The maximum atomic E-state index is 6.25. The Morgan fingerprint density at radius 2 is 1.03 bits per heavy atom. The lowest BCUT2D eigenvalue weighted by Crippen LogP contribution is -2.01.